The van der Waals surface area contributed by atoms with Crippen LogP contribution < -0.4 is 5.43 Å². The van der Waals surface area contributed by atoms with Crippen LogP contribution in [-0.2, 0) is 0 Å². The number of hydrogen-bond acceptors (Lipinski definition) is 3. The van der Waals surface area contributed by atoms with Crippen molar-refractivity contribution in [2.75, 3.05) is 12.5 Å². The van der Waals surface area contributed by atoms with Crippen LogP contribution in [0.15, 0.2) is 29.5 Å². The van der Waals surface area contributed by atoms with Gasteiger partial charge in [0.2, 0.25) is 0 Å². The normalized spacial score (nSPS) is 10.6. The summed E-state index contributed by atoms with van der Waals surface area (Å²) >= 11 is 0. The van der Waals surface area contributed by atoms with Gasteiger partial charge in [-0.1, -0.05) is 0 Å². The second kappa shape index (κ2) is 4.07. The van der Waals surface area contributed by atoms with Gasteiger partial charge < -0.3 is 5.21 Å². The fourth-order valence-corrected chi connectivity index (χ4v) is 0.747. The quantitative estimate of drug-likeness (QED) is 0.421. The molecule has 13 heavy (non-hydrogen) atoms. The van der Waals surface area contributed by atoms with E-state index in [0.29, 0.717) is 16.1 Å². The molecule has 0 aliphatic rings. The molecule has 0 heterocycles. The highest BCUT2D eigenvalue weighted by atomic mass is 16.5. The number of anilines is 1. The molecule has 5 nitrogen and oxygen atoms in total. The third-order valence-electron chi connectivity index (χ3n) is 1.33. The highest BCUT2D eigenvalue weighted by molar-refractivity contribution is 5.46. The van der Waals surface area contributed by atoms with E-state index < -0.39 is 0 Å². The Morgan fingerprint density at radius 3 is 2.54 bits per heavy atom. The van der Waals surface area contributed by atoms with Gasteiger partial charge >= 0.3 is 0 Å². The van der Waals surface area contributed by atoms with E-state index in [4.69, 9.17) is 5.26 Å². The molecule has 66 valence electrons. The summed E-state index contributed by atoms with van der Waals surface area (Å²) < 4.78 is 0. The summed E-state index contributed by atoms with van der Waals surface area (Å²) in [6.07, 6.45) is 0. The van der Waals surface area contributed by atoms with Crippen molar-refractivity contribution in [2.24, 2.45) is 5.22 Å². The van der Waals surface area contributed by atoms with Gasteiger partial charge in [-0.15, -0.1) is 5.43 Å². The van der Waals surface area contributed by atoms with Crippen LogP contribution in [0.4, 0.5) is 5.69 Å². The van der Waals surface area contributed by atoms with E-state index in [1.807, 2.05) is 6.07 Å². The Balaban J connectivity index is 2.71. The summed E-state index contributed by atoms with van der Waals surface area (Å²) in [5.41, 5.74) is 3.76. The van der Waals surface area contributed by atoms with Gasteiger partial charge in [0.05, 0.1) is 16.9 Å². The maximum absolute atomic E-state index is 10.4. The number of rotatable bonds is 2. The zero-order valence-electron chi connectivity index (χ0n) is 7.06. The first-order chi connectivity index (χ1) is 6.22. The standard InChI is InChI=1S/C8H8N4O/c1-12(13)11-10-8-4-2-7(6-9)3-5-8/h2-5,10H,1H3/b12-11-. The van der Waals surface area contributed by atoms with Gasteiger partial charge in [0.1, 0.15) is 12.7 Å². The Morgan fingerprint density at radius 2 is 2.08 bits per heavy atom. The third-order valence-corrected chi connectivity index (χ3v) is 1.33. The Bertz CT molecular complexity index is 345. The molecule has 0 saturated heterocycles. The van der Waals surface area contributed by atoms with E-state index in [2.05, 4.69) is 10.6 Å². The fraction of sp³-hybridized carbons (Fsp3) is 0.125. The van der Waals surface area contributed by atoms with Gasteiger partial charge in [0.15, 0.2) is 0 Å². The maximum atomic E-state index is 10.4. The highest BCUT2D eigenvalue weighted by Gasteiger charge is 1.95. The Labute approximate surface area is 75.5 Å². The maximum Gasteiger partial charge on any atom is 0.146 e. The number of hydroxylamine groups is 1. The summed E-state index contributed by atoms with van der Waals surface area (Å²) in [6.45, 7) is 0. The summed E-state index contributed by atoms with van der Waals surface area (Å²) in [4.78, 5) is 0.415. The molecule has 1 N–H and O–H groups in total. The molecule has 0 radical (unpaired) electrons. The van der Waals surface area contributed by atoms with Crippen LogP contribution in [0.3, 0.4) is 0 Å². The lowest BCUT2D eigenvalue weighted by molar-refractivity contribution is -0.497. The molecule has 0 aliphatic heterocycles. The average molecular weight is 176 g/mol. The van der Waals surface area contributed by atoms with Gasteiger partial charge in [-0.2, -0.15) is 10.1 Å². The SMILES string of the molecule is C/[N+]([O-])=N/Nc1ccc(C#N)cc1. The van der Waals surface area contributed by atoms with Crippen LogP contribution in [-0.4, -0.2) is 11.9 Å². The minimum absolute atomic E-state index is 0.415. The largest absolute Gasteiger partial charge is 0.696 e. The summed E-state index contributed by atoms with van der Waals surface area (Å²) in [5.74, 6) is 0. The molecule has 0 unspecified atom stereocenters. The number of nitrogens with one attached hydrogen (secondary N) is 1. The summed E-state index contributed by atoms with van der Waals surface area (Å²) in [7, 11) is 1.27. The van der Waals surface area contributed by atoms with Crippen LogP contribution in [0.5, 0.6) is 0 Å². The van der Waals surface area contributed by atoms with Gasteiger partial charge in [-0.3, -0.25) is 0 Å². The zero-order chi connectivity index (χ0) is 9.68. The number of hydrogen-bond donors (Lipinski definition) is 1. The molecule has 0 spiro atoms. The predicted octanol–water partition coefficient (Wildman–Crippen LogP) is 1.48. The molecule has 0 amide bonds. The Hall–Kier alpha value is -2.09. The molecule has 1 aromatic rings. The predicted molar refractivity (Wildman–Crippen MR) is 46.8 cm³/mol. The lowest BCUT2D eigenvalue weighted by Crippen LogP contribution is -1.96. The second-order valence-electron chi connectivity index (χ2n) is 2.37. The fourth-order valence-electron chi connectivity index (χ4n) is 0.747. The lowest BCUT2D eigenvalue weighted by atomic mass is 10.2. The molecule has 1 aromatic carbocycles. The van der Waals surface area contributed by atoms with Gasteiger partial charge in [0, 0.05) is 0 Å². The lowest BCUT2D eigenvalue weighted by Gasteiger charge is -1.97. The number of nitriles is 1. The van der Waals surface area contributed by atoms with Gasteiger partial charge in [-0.25, -0.2) is 0 Å². The summed E-state index contributed by atoms with van der Waals surface area (Å²) in [5, 5.41) is 22.3. The van der Waals surface area contributed by atoms with Crippen molar-refractivity contribution in [2.45, 2.75) is 0 Å². The molecular formula is C8H8N4O. The van der Waals surface area contributed by atoms with Crippen LogP contribution >= 0.6 is 0 Å². The molecule has 0 atom stereocenters. The van der Waals surface area contributed by atoms with Crippen LogP contribution in [0, 0.1) is 16.5 Å². The first-order valence-corrected chi connectivity index (χ1v) is 3.60. The first-order valence-electron chi connectivity index (χ1n) is 3.60. The van der Waals surface area contributed by atoms with Gasteiger partial charge in [-0.05, 0) is 24.3 Å². The molecular weight excluding hydrogens is 168 g/mol. The zero-order valence-corrected chi connectivity index (χ0v) is 7.06. The molecule has 5 heteroatoms. The summed E-state index contributed by atoms with van der Waals surface area (Å²) in [6, 6.07) is 8.62. The minimum Gasteiger partial charge on any atom is -0.696 e. The first kappa shape index (κ1) is 9.00. The van der Waals surface area contributed by atoms with E-state index in [-0.39, 0.29) is 0 Å². The number of nitrogens with zero attached hydrogens (tertiary/aromatic N) is 3. The van der Waals surface area contributed by atoms with Crippen molar-refractivity contribution in [3.8, 4) is 6.07 Å². The Kier molecular flexibility index (Phi) is 2.82. The van der Waals surface area contributed by atoms with E-state index in [0.717, 1.165) is 0 Å². The van der Waals surface area contributed by atoms with Gasteiger partial charge in [0.25, 0.3) is 0 Å². The van der Waals surface area contributed by atoms with Crippen molar-refractivity contribution in [1.82, 2.24) is 0 Å². The van der Waals surface area contributed by atoms with Crippen LogP contribution in [0.25, 0.3) is 0 Å². The molecule has 0 fully saturated rings. The topological polar surface area (TPSA) is 74.2 Å². The van der Waals surface area contributed by atoms with Crippen molar-refractivity contribution in [3.05, 3.63) is 35.0 Å². The minimum atomic E-state index is 0.415. The molecule has 0 bridgehead atoms. The molecule has 0 saturated carbocycles. The van der Waals surface area contributed by atoms with E-state index >= 15 is 0 Å². The van der Waals surface area contributed by atoms with Crippen molar-refractivity contribution < 1.29 is 4.86 Å². The third kappa shape index (κ3) is 2.79. The van der Waals surface area contributed by atoms with E-state index in [1.165, 1.54) is 7.05 Å². The molecule has 1 rings (SSSR count). The van der Waals surface area contributed by atoms with Crippen LogP contribution in [0.2, 0.25) is 0 Å². The smallest absolute Gasteiger partial charge is 0.146 e. The van der Waals surface area contributed by atoms with E-state index in [9.17, 15) is 5.21 Å². The highest BCUT2D eigenvalue weighted by Crippen LogP contribution is 2.08. The Morgan fingerprint density at radius 1 is 1.46 bits per heavy atom. The van der Waals surface area contributed by atoms with Crippen molar-refractivity contribution >= 4 is 5.69 Å². The van der Waals surface area contributed by atoms with Crippen molar-refractivity contribution in [1.29, 1.82) is 5.26 Å². The van der Waals surface area contributed by atoms with Crippen molar-refractivity contribution in [3.63, 3.8) is 0 Å². The van der Waals surface area contributed by atoms with E-state index in [1.54, 1.807) is 24.3 Å². The average Bonchev–Trinajstić information content (AvgIpc) is 2.15. The molecule has 0 aliphatic carbocycles. The van der Waals surface area contributed by atoms with Crippen LogP contribution in [0.1, 0.15) is 5.56 Å². The second-order valence-corrected chi connectivity index (χ2v) is 2.37. The monoisotopic (exact) mass is 176 g/mol. The molecule has 0 aromatic heterocycles. The number of benzene rings is 1.